The molecule has 0 saturated carbocycles. The number of hydrogen-bond donors (Lipinski definition) is 1. The van der Waals surface area contributed by atoms with Crippen LogP contribution < -0.4 is 4.72 Å². The van der Waals surface area contributed by atoms with Crippen LogP contribution in [0, 0.1) is 0 Å². The molecule has 1 N–H and O–H groups in total. The van der Waals surface area contributed by atoms with Gasteiger partial charge in [0.05, 0.1) is 9.89 Å². The maximum absolute atomic E-state index is 11.9. The van der Waals surface area contributed by atoms with Gasteiger partial charge in [-0.1, -0.05) is 0 Å². The number of rotatable bonds is 7. The molecule has 8 heteroatoms. The van der Waals surface area contributed by atoms with Crippen molar-refractivity contribution < 1.29 is 13.2 Å². The molecule has 4 nitrogen and oxygen atoms in total. The molecule has 18 heavy (non-hydrogen) atoms. The summed E-state index contributed by atoms with van der Waals surface area (Å²) in [5.41, 5.74) is 0. The van der Waals surface area contributed by atoms with Crippen LogP contribution in [-0.4, -0.2) is 27.7 Å². The Morgan fingerprint density at radius 1 is 1.44 bits per heavy atom. The van der Waals surface area contributed by atoms with Gasteiger partial charge >= 0.3 is 0 Å². The van der Waals surface area contributed by atoms with Crippen LogP contribution >= 0.6 is 43.2 Å². The lowest BCUT2D eigenvalue weighted by atomic mass is 10.4. The monoisotopic (exact) mass is 419 g/mol. The van der Waals surface area contributed by atoms with Gasteiger partial charge in [0, 0.05) is 17.6 Å². The van der Waals surface area contributed by atoms with Gasteiger partial charge in [-0.15, -0.1) is 11.3 Å². The molecule has 0 aliphatic rings. The predicted molar refractivity (Wildman–Crippen MR) is 80.6 cm³/mol. The van der Waals surface area contributed by atoms with Crippen molar-refractivity contribution in [1.29, 1.82) is 0 Å². The zero-order chi connectivity index (χ0) is 13.8. The molecule has 0 fully saturated rings. The zero-order valence-electron chi connectivity index (χ0n) is 10.1. The molecular formula is C10H15Br2NO3S2. The molecule has 0 aliphatic carbocycles. The molecule has 0 bridgehead atoms. The first-order chi connectivity index (χ1) is 8.33. The van der Waals surface area contributed by atoms with Crippen LogP contribution in [-0.2, 0) is 14.8 Å². The van der Waals surface area contributed by atoms with E-state index in [-0.39, 0.29) is 6.10 Å². The van der Waals surface area contributed by atoms with Gasteiger partial charge < -0.3 is 4.74 Å². The molecule has 104 valence electrons. The van der Waals surface area contributed by atoms with E-state index in [1.54, 1.807) is 6.07 Å². The fourth-order valence-corrected chi connectivity index (χ4v) is 5.07. The fraction of sp³-hybridized carbons (Fsp3) is 0.600. The number of thiophene rings is 1. The van der Waals surface area contributed by atoms with Crippen molar-refractivity contribution in [2.24, 2.45) is 0 Å². The van der Waals surface area contributed by atoms with Crippen molar-refractivity contribution in [3.8, 4) is 0 Å². The Morgan fingerprint density at radius 2 is 2.11 bits per heavy atom. The summed E-state index contributed by atoms with van der Waals surface area (Å²) in [6, 6.07) is 1.59. The summed E-state index contributed by atoms with van der Waals surface area (Å²) in [6.07, 6.45) is 0.830. The van der Waals surface area contributed by atoms with E-state index in [1.165, 1.54) is 11.3 Å². The third-order valence-electron chi connectivity index (χ3n) is 1.95. The summed E-state index contributed by atoms with van der Waals surface area (Å²) in [4.78, 5) is 0. The van der Waals surface area contributed by atoms with E-state index in [1.807, 2.05) is 13.8 Å². The molecule has 0 aliphatic heterocycles. The smallest absolute Gasteiger partial charge is 0.250 e. The van der Waals surface area contributed by atoms with Gasteiger partial charge in [0.1, 0.15) is 4.21 Å². The zero-order valence-corrected chi connectivity index (χ0v) is 14.9. The molecule has 0 spiro atoms. The number of halogens is 2. The van der Waals surface area contributed by atoms with Crippen LogP contribution in [0.4, 0.5) is 0 Å². The van der Waals surface area contributed by atoms with Gasteiger partial charge in [-0.2, -0.15) is 0 Å². The first-order valence-corrected chi connectivity index (χ1v) is 9.27. The summed E-state index contributed by atoms with van der Waals surface area (Å²) in [5.74, 6) is 0. The van der Waals surface area contributed by atoms with E-state index in [4.69, 9.17) is 4.74 Å². The number of nitrogens with one attached hydrogen (secondary N) is 1. The largest absolute Gasteiger partial charge is 0.379 e. The molecule has 0 unspecified atom stereocenters. The minimum absolute atomic E-state index is 0.172. The highest BCUT2D eigenvalue weighted by Gasteiger charge is 2.18. The van der Waals surface area contributed by atoms with Gasteiger partial charge in [0.25, 0.3) is 0 Å². The van der Waals surface area contributed by atoms with Crippen molar-refractivity contribution >= 4 is 53.2 Å². The Morgan fingerprint density at radius 3 is 2.61 bits per heavy atom. The summed E-state index contributed by atoms with van der Waals surface area (Å²) >= 11 is 7.72. The van der Waals surface area contributed by atoms with Crippen molar-refractivity contribution in [3.63, 3.8) is 0 Å². The van der Waals surface area contributed by atoms with Gasteiger partial charge in [0.2, 0.25) is 10.0 Å². The van der Waals surface area contributed by atoms with Crippen molar-refractivity contribution in [2.45, 2.75) is 30.6 Å². The van der Waals surface area contributed by atoms with Crippen LogP contribution in [0.15, 0.2) is 18.5 Å². The van der Waals surface area contributed by atoms with E-state index in [9.17, 15) is 8.42 Å². The van der Waals surface area contributed by atoms with Crippen LogP contribution in [0.3, 0.4) is 0 Å². The van der Waals surface area contributed by atoms with Crippen LogP contribution in [0.25, 0.3) is 0 Å². The standard InChI is InChI=1S/C10H15Br2NO3S2/c1-7(2)16-5-3-4-13-18(14,15)9-6-8(11)10(12)17-9/h6-7,13H,3-5H2,1-2H3. The Kier molecular flexibility index (Phi) is 6.77. The molecular weight excluding hydrogens is 406 g/mol. The molecule has 0 aromatic carbocycles. The first-order valence-electron chi connectivity index (χ1n) is 5.39. The van der Waals surface area contributed by atoms with E-state index in [2.05, 4.69) is 36.6 Å². The molecule has 1 rings (SSSR count). The Labute approximate surface area is 128 Å². The molecule has 1 heterocycles. The molecule has 0 radical (unpaired) electrons. The van der Waals surface area contributed by atoms with Crippen molar-refractivity contribution in [1.82, 2.24) is 4.72 Å². The lowest BCUT2D eigenvalue weighted by Crippen LogP contribution is -2.25. The second kappa shape index (κ2) is 7.35. The summed E-state index contributed by atoms with van der Waals surface area (Å²) in [7, 11) is -3.41. The van der Waals surface area contributed by atoms with Crippen LogP contribution in [0.5, 0.6) is 0 Å². The first kappa shape index (κ1) is 16.6. The highest BCUT2D eigenvalue weighted by atomic mass is 79.9. The van der Waals surface area contributed by atoms with Crippen molar-refractivity contribution in [2.75, 3.05) is 13.2 Å². The lowest BCUT2D eigenvalue weighted by molar-refractivity contribution is 0.0778. The second-order valence-corrected chi connectivity index (χ2v) is 9.08. The predicted octanol–water partition coefficient (Wildman–Crippen LogP) is 3.37. The van der Waals surface area contributed by atoms with E-state index in [0.717, 1.165) is 8.26 Å². The van der Waals surface area contributed by atoms with E-state index < -0.39 is 10.0 Å². The maximum atomic E-state index is 11.9. The lowest BCUT2D eigenvalue weighted by Gasteiger charge is -2.07. The minimum Gasteiger partial charge on any atom is -0.379 e. The molecule has 1 aromatic rings. The summed E-state index contributed by atoms with van der Waals surface area (Å²) in [5, 5.41) is 0. The van der Waals surface area contributed by atoms with Crippen LogP contribution in [0.2, 0.25) is 0 Å². The van der Waals surface area contributed by atoms with Gasteiger partial charge in [-0.05, 0) is 58.2 Å². The average molecular weight is 421 g/mol. The molecule has 0 saturated heterocycles. The summed E-state index contributed by atoms with van der Waals surface area (Å²) < 4.78 is 33.5. The number of hydrogen-bond acceptors (Lipinski definition) is 4. The minimum atomic E-state index is -3.41. The maximum Gasteiger partial charge on any atom is 0.250 e. The third kappa shape index (κ3) is 5.26. The van der Waals surface area contributed by atoms with Gasteiger partial charge in [-0.25, -0.2) is 13.1 Å². The topological polar surface area (TPSA) is 55.4 Å². The fourth-order valence-electron chi connectivity index (χ4n) is 1.13. The SMILES string of the molecule is CC(C)OCCCNS(=O)(=O)c1cc(Br)c(Br)s1. The Hall–Kier alpha value is 0.530. The van der Waals surface area contributed by atoms with E-state index >= 15 is 0 Å². The van der Waals surface area contributed by atoms with Gasteiger partial charge in [-0.3, -0.25) is 0 Å². The molecule has 1 aromatic heterocycles. The highest BCUT2D eigenvalue weighted by molar-refractivity contribution is 9.13. The highest BCUT2D eigenvalue weighted by Crippen LogP contribution is 2.34. The number of sulfonamides is 1. The van der Waals surface area contributed by atoms with Gasteiger partial charge in [0.15, 0.2) is 0 Å². The number of ether oxygens (including phenoxy) is 1. The summed E-state index contributed by atoms with van der Waals surface area (Å²) in [6.45, 7) is 4.83. The second-order valence-electron chi connectivity index (χ2n) is 3.86. The molecule has 0 amide bonds. The third-order valence-corrected chi connectivity index (χ3v) is 7.14. The van der Waals surface area contributed by atoms with Crippen LogP contribution in [0.1, 0.15) is 20.3 Å². The van der Waals surface area contributed by atoms with Crippen molar-refractivity contribution in [3.05, 3.63) is 14.3 Å². The normalized spacial score (nSPS) is 12.3. The van der Waals surface area contributed by atoms with E-state index in [0.29, 0.717) is 23.8 Å². The quantitative estimate of drug-likeness (QED) is 0.688. The molecule has 0 atom stereocenters. The Bertz CT molecular complexity index is 466. The average Bonchev–Trinajstić information content (AvgIpc) is 2.59. The Balaban J connectivity index is 2.45.